The van der Waals surface area contributed by atoms with E-state index in [1.54, 1.807) is 6.92 Å². The second-order valence-corrected chi connectivity index (χ2v) is 4.15. The molecule has 0 bridgehead atoms. The average Bonchev–Trinajstić information content (AvgIpc) is 2.13. The lowest BCUT2D eigenvalue weighted by Gasteiger charge is -2.10. The molecule has 0 aliphatic carbocycles. The first-order valence-electron chi connectivity index (χ1n) is 3.78. The molecule has 1 unspecified atom stereocenters. The number of ketones is 1. The van der Waals surface area contributed by atoms with Crippen LogP contribution in [0.2, 0.25) is 0 Å². The van der Waals surface area contributed by atoms with Gasteiger partial charge in [-0.15, -0.1) is 0 Å². The Hall–Kier alpha value is 0.1000. The quantitative estimate of drug-likeness (QED) is 0.730. The van der Waals surface area contributed by atoms with Crippen LogP contribution >= 0.6 is 22.6 Å². The molecule has 3 heteroatoms. The highest BCUT2D eigenvalue weighted by Gasteiger charge is 2.14. The van der Waals surface area contributed by atoms with Crippen LogP contribution in [0.15, 0.2) is 9.66 Å². The minimum atomic E-state index is 0.0820. The number of carbonyl (C=O) groups excluding carboxylic acids is 1. The molecule has 1 rings (SSSR count). The fourth-order valence-corrected chi connectivity index (χ4v) is 1.68. The number of carbonyl (C=O) groups is 1. The molecular weight excluding hydrogens is 253 g/mol. The predicted molar refractivity (Wildman–Crippen MR) is 53.8 cm³/mol. The van der Waals surface area contributed by atoms with E-state index < -0.39 is 0 Å². The van der Waals surface area contributed by atoms with E-state index in [-0.39, 0.29) is 11.8 Å². The lowest BCUT2D eigenvalue weighted by Crippen LogP contribution is -2.34. The van der Waals surface area contributed by atoms with Gasteiger partial charge in [-0.1, -0.05) is 6.08 Å². The molecule has 0 saturated carbocycles. The Bertz CT molecular complexity index is 189. The molecule has 0 aromatic heterocycles. The molecule has 2 nitrogen and oxygen atoms in total. The molecule has 62 valence electrons. The second kappa shape index (κ2) is 4.21. The van der Waals surface area contributed by atoms with Gasteiger partial charge in [0.2, 0.25) is 0 Å². The lowest BCUT2D eigenvalue weighted by molar-refractivity contribution is -0.119. The van der Waals surface area contributed by atoms with Crippen molar-refractivity contribution in [2.24, 2.45) is 0 Å². The minimum Gasteiger partial charge on any atom is -0.304 e. The number of rotatable bonds is 1. The van der Waals surface area contributed by atoms with Gasteiger partial charge in [0.1, 0.15) is 5.78 Å². The number of halogens is 1. The van der Waals surface area contributed by atoms with Crippen molar-refractivity contribution in [3.63, 3.8) is 0 Å². The maximum atomic E-state index is 11.0. The Morgan fingerprint density at radius 2 is 2.55 bits per heavy atom. The van der Waals surface area contributed by atoms with Crippen molar-refractivity contribution in [2.75, 3.05) is 6.54 Å². The Morgan fingerprint density at radius 3 is 3.18 bits per heavy atom. The molecule has 0 saturated heterocycles. The van der Waals surface area contributed by atoms with Crippen molar-refractivity contribution in [3.05, 3.63) is 9.66 Å². The van der Waals surface area contributed by atoms with E-state index >= 15 is 0 Å². The van der Waals surface area contributed by atoms with Crippen LogP contribution in [-0.2, 0) is 4.79 Å². The number of hydrogen-bond donors (Lipinski definition) is 1. The van der Waals surface area contributed by atoms with Gasteiger partial charge in [0.05, 0.1) is 6.04 Å². The largest absolute Gasteiger partial charge is 0.304 e. The molecular formula is C8H12INO. The minimum absolute atomic E-state index is 0.0820. The van der Waals surface area contributed by atoms with Gasteiger partial charge in [0, 0.05) is 6.54 Å². The Kier molecular flexibility index (Phi) is 3.51. The summed E-state index contributed by atoms with van der Waals surface area (Å²) in [6.45, 7) is 2.48. The van der Waals surface area contributed by atoms with Crippen LogP contribution in [0.1, 0.15) is 19.8 Å². The van der Waals surface area contributed by atoms with Crippen LogP contribution in [-0.4, -0.2) is 18.4 Å². The van der Waals surface area contributed by atoms with E-state index in [0.717, 1.165) is 19.4 Å². The van der Waals surface area contributed by atoms with Gasteiger partial charge in [0.25, 0.3) is 0 Å². The van der Waals surface area contributed by atoms with E-state index in [9.17, 15) is 4.79 Å². The topological polar surface area (TPSA) is 29.1 Å². The standard InChI is InChI=1S/C8H12INO/c1-6(11)8-3-2-7(9)4-5-10-8/h4,8,10H,2-3,5H2,1H3. The zero-order valence-corrected chi connectivity index (χ0v) is 8.72. The van der Waals surface area contributed by atoms with Crippen molar-refractivity contribution in [3.8, 4) is 0 Å². The van der Waals surface area contributed by atoms with Gasteiger partial charge in [-0.2, -0.15) is 0 Å². The van der Waals surface area contributed by atoms with Crippen molar-refractivity contribution < 1.29 is 4.79 Å². The molecule has 0 amide bonds. The van der Waals surface area contributed by atoms with Crippen LogP contribution in [0.3, 0.4) is 0 Å². The summed E-state index contributed by atoms with van der Waals surface area (Å²) in [5, 5.41) is 3.18. The Labute approximate surface area is 80.6 Å². The van der Waals surface area contributed by atoms with Gasteiger partial charge < -0.3 is 5.32 Å². The average molecular weight is 265 g/mol. The highest BCUT2D eigenvalue weighted by Crippen LogP contribution is 2.17. The van der Waals surface area contributed by atoms with E-state index in [1.165, 1.54) is 3.58 Å². The van der Waals surface area contributed by atoms with Crippen LogP contribution in [0.4, 0.5) is 0 Å². The van der Waals surface area contributed by atoms with Gasteiger partial charge in [0.15, 0.2) is 0 Å². The molecule has 1 N–H and O–H groups in total. The fraction of sp³-hybridized carbons (Fsp3) is 0.625. The number of allylic oxidation sites excluding steroid dienone is 1. The zero-order chi connectivity index (χ0) is 8.27. The fourth-order valence-electron chi connectivity index (χ4n) is 1.15. The van der Waals surface area contributed by atoms with E-state index in [0.29, 0.717) is 0 Å². The maximum Gasteiger partial charge on any atom is 0.146 e. The van der Waals surface area contributed by atoms with Crippen LogP contribution in [0, 0.1) is 0 Å². The van der Waals surface area contributed by atoms with E-state index in [1.807, 2.05) is 0 Å². The first-order chi connectivity index (χ1) is 5.20. The summed E-state index contributed by atoms with van der Waals surface area (Å²) in [5.74, 6) is 0.254. The second-order valence-electron chi connectivity index (χ2n) is 2.76. The third kappa shape index (κ3) is 2.91. The third-order valence-electron chi connectivity index (χ3n) is 1.85. The summed E-state index contributed by atoms with van der Waals surface area (Å²) in [4.78, 5) is 11.0. The smallest absolute Gasteiger partial charge is 0.146 e. The summed E-state index contributed by atoms with van der Waals surface area (Å²) in [5.41, 5.74) is 0. The summed E-state index contributed by atoms with van der Waals surface area (Å²) >= 11 is 2.32. The first-order valence-corrected chi connectivity index (χ1v) is 4.86. The van der Waals surface area contributed by atoms with Gasteiger partial charge in [-0.05, 0) is 45.9 Å². The van der Waals surface area contributed by atoms with Gasteiger partial charge in [-0.25, -0.2) is 0 Å². The van der Waals surface area contributed by atoms with Crippen LogP contribution < -0.4 is 5.32 Å². The molecule has 11 heavy (non-hydrogen) atoms. The molecule has 1 aliphatic heterocycles. The number of Topliss-reactive ketones (excluding diaryl/α,β-unsaturated/α-hetero) is 1. The third-order valence-corrected chi connectivity index (χ3v) is 2.83. The molecule has 0 aromatic rings. The maximum absolute atomic E-state index is 11.0. The Morgan fingerprint density at radius 1 is 1.82 bits per heavy atom. The van der Waals surface area contributed by atoms with Gasteiger partial charge in [-0.3, -0.25) is 4.79 Å². The highest BCUT2D eigenvalue weighted by molar-refractivity contribution is 14.1. The molecule has 0 spiro atoms. The van der Waals surface area contributed by atoms with E-state index in [4.69, 9.17) is 0 Å². The molecule has 0 radical (unpaired) electrons. The van der Waals surface area contributed by atoms with Crippen molar-refractivity contribution in [1.82, 2.24) is 5.32 Å². The summed E-state index contributed by atoms with van der Waals surface area (Å²) in [7, 11) is 0. The van der Waals surface area contributed by atoms with Crippen LogP contribution in [0.5, 0.6) is 0 Å². The molecule has 0 aromatic carbocycles. The molecule has 1 atom stereocenters. The summed E-state index contributed by atoms with van der Waals surface area (Å²) < 4.78 is 1.36. The van der Waals surface area contributed by atoms with Gasteiger partial charge >= 0.3 is 0 Å². The summed E-state index contributed by atoms with van der Waals surface area (Å²) in [6.07, 6.45) is 4.13. The molecule has 0 fully saturated rings. The first kappa shape index (κ1) is 9.19. The number of hydrogen-bond acceptors (Lipinski definition) is 2. The molecule has 1 heterocycles. The SMILES string of the molecule is CC(=O)C1CCC(I)=CCN1. The predicted octanol–water partition coefficient (Wildman–Crippen LogP) is 1.65. The zero-order valence-electron chi connectivity index (χ0n) is 6.56. The van der Waals surface area contributed by atoms with Crippen molar-refractivity contribution >= 4 is 28.4 Å². The van der Waals surface area contributed by atoms with Crippen molar-refractivity contribution in [2.45, 2.75) is 25.8 Å². The normalized spacial score (nSPS) is 25.6. The Balaban J connectivity index is 2.47. The van der Waals surface area contributed by atoms with Crippen molar-refractivity contribution in [1.29, 1.82) is 0 Å². The van der Waals surface area contributed by atoms with E-state index in [2.05, 4.69) is 34.0 Å². The monoisotopic (exact) mass is 265 g/mol. The highest BCUT2D eigenvalue weighted by atomic mass is 127. The lowest BCUT2D eigenvalue weighted by atomic mass is 10.1. The van der Waals surface area contributed by atoms with Crippen LogP contribution in [0.25, 0.3) is 0 Å². The summed E-state index contributed by atoms with van der Waals surface area (Å²) in [6, 6.07) is 0.0820. The molecule has 1 aliphatic rings. The number of nitrogens with one attached hydrogen (secondary N) is 1.